The van der Waals surface area contributed by atoms with E-state index in [1.165, 1.54) is 0 Å². The zero-order valence-corrected chi connectivity index (χ0v) is 13.2. The summed E-state index contributed by atoms with van der Waals surface area (Å²) in [5.41, 5.74) is 0.392. The van der Waals surface area contributed by atoms with Crippen molar-refractivity contribution in [2.75, 3.05) is 5.75 Å². The van der Waals surface area contributed by atoms with E-state index in [9.17, 15) is 18.9 Å². The van der Waals surface area contributed by atoms with E-state index in [4.69, 9.17) is 0 Å². The van der Waals surface area contributed by atoms with Gasteiger partial charge in [-0.25, -0.2) is 4.79 Å². The number of aliphatic carboxylic acids is 1. The first kappa shape index (κ1) is 16.9. The number of hydrogen-bond donors (Lipinski definition) is 2. The molecule has 0 bridgehead atoms. The highest BCUT2D eigenvalue weighted by molar-refractivity contribution is 7.85. The molecule has 0 radical (unpaired) electrons. The Balaban J connectivity index is 1.96. The van der Waals surface area contributed by atoms with Gasteiger partial charge >= 0.3 is 5.97 Å². The summed E-state index contributed by atoms with van der Waals surface area (Å²) in [6, 6.07) is 16.2. The molecule has 2 aromatic rings. The summed E-state index contributed by atoms with van der Waals surface area (Å²) in [7, 11) is -1.29. The molecule has 0 aliphatic rings. The zero-order chi connectivity index (χ0) is 16.7. The molecule has 2 aromatic carbocycles. The maximum atomic E-state index is 12.1. The van der Waals surface area contributed by atoms with Gasteiger partial charge in [-0.3, -0.25) is 9.00 Å². The predicted molar refractivity (Wildman–Crippen MR) is 87.7 cm³/mol. The van der Waals surface area contributed by atoms with Crippen molar-refractivity contribution >= 4 is 22.7 Å². The standard InChI is InChI=1S/C17H17NO4S/c19-16(13-7-3-1-4-8-13)18-15(17(20)21)11-12-23(22)14-9-5-2-6-10-14/h1-10,15H,11-12H2,(H,18,19)(H,20,21)/t15-,23-/m1/s1. The monoisotopic (exact) mass is 331 g/mol. The Morgan fingerprint density at radius 3 is 2.13 bits per heavy atom. The number of hydrogen-bond acceptors (Lipinski definition) is 3. The van der Waals surface area contributed by atoms with Crippen LogP contribution in [0.4, 0.5) is 0 Å². The van der Waals surface area contributed by atoms with Crippen molar-refractivity contribution in [3.63, 3.8) is 0 Å². The summed E-state index contributed by atoms with van der Waals surface area (Å²) in [4.78, 5) is 24.0. The van der Waals surface area contributed by atoms with Crippen molar-refractivity contribution in [3.05, 3.63) is 66.2 Å². The second kappa shape index (κ2) is 8.24. The molecule has 0 aliphatic carbocycles. The van der Waals surface area contributed by atoms with Crippen LogP contribution in [0.2, 0.25) is 0 Å². The molecule has 0 saturated heterocycles. The molecule has 5 nitrogen and oxygen atoms in total. The van der Waals surface area contributed by atoms with Gasteiger partial charge in [-0.1, -0.05) is 36.4 Å². The van der Waals surface area contributed by atoms with Gasteiger partial charge in [0.05, 0.1) is 10.8 Å². The molecule has 0 aromatic heterocycles. The smallest absolute Gasteiger partial charge is 0.326 e. The molecule has 2 N–H and O–H groups in total. The van der Waals surface area contributed by atoms with Gasteiger partial charge in [0.1, 0.15) is 6.04 Å². The highest BCUT2D eigenvalue weighted by Gasteiger charge is 2.21. The van der Waals surface area contributed by atoms with Crippen LogP contribution in [0.3, 0.4) is 0 Å². The molecule has 6 heteroatoms. The maximum Gasteiger partial charge on any atom is 0.326 e. The second-order valence-electron chi connectivity index (χ2n) is 4.88. The van der Waals surface area contributed by atoms with Gasteiger partial charge in [-0.05, 0) is 30.7 Å². The SMILES string of the molecule is O=C(N[C@H](CC[S@@](=O)c1ccccc1)C(=O)O)c1ccccc1. The fourth-order valence-electron chi connectivity index (χ4n) is 2.00. The first-order valence-corrected chi connectivity index (χ1v) is 8.42. The lowest BCUT2D eigenvalue weighted by molar-refractivity contribution is -0.139. The van der Waals surface area contributed by atoms with E-state index >= 15 is 0 Å². The second-order valence-corrected chi connectivity index (χ2v) is 6.45. The molecule has 0 unspecified atom stereocenters. The molecule has 2 rings (SSSR count). The lowest BCUT2D eigenvalue weighted by Gasteiger charge is -2.14. The Morgan fingerprint density at radius 2 is 1.57 bits per heavy atom. The molecule has 23 heavy (non-hydrogen) atoms. The third-order valence-electron chi connectivity index (χ3n) is 3.24. The molecule has 2 atom stereocenters. The fourth-order valence-corrected chi connectivity index (χ4v) is 3.15. The molecular weight excluding hydrogens is 314 g/mol. The van der Waals surface area contributed by atoms with Crippen LogP contribution in [0.5, 0.6) is 0 Å². The third kappa shape index (κ3) is 5.03. The summed E-state index contributed by atoms with van der Waals surface area (Å²) in [6.07, 6.45) is 0.0927. The predicted octanol–water partition coefficient (Wildman–Crippen LogP) is 2.07. The van der Waals surface area contributed by atoms with Crippen LogP contribution in [-0.2, 0) is 15.6 Å². The maximum absolute atomic E-state index is 12.1. The van der Waals surface area contributed by atoms with Crippen LogP contribution in [0.25, 0.3) is 0 Å². The van der Waals surface area contributed by atoms with Gasteiger partial charge in [0.25, 0.3) is 5.91 Å². The van der Waals surface area contributed by atoms with Gasteiger partial charge in [0.2, 0.25) is 0 Å². The largest absolute Gasteiger partial charge is 0.480 e. The van der Waals surface area contributed by atoms with Gasteiger partial charge in [0, 0.05) is 16.2 Å². The van der Waals surface area contributed by atoms with Gasteiger partial charge < -0.3 is 10.4 Å². The van der Waals surface area contributed by atoms with E-state index in [0.29, 0.717) is 10.5 Å². The number of carboxylic acids is 1. The van der Waals surface area contributed by atoms with Crippen LogP contribution in [0, 0.1) is 0 Å². The number of carbonyl (C=O) groups is 2. The Bertz CT molecular complexity index is 688. The number of rotatable bonds is 7. The minimum Gasteiger partial charge on any atom is -0.480 e. The highest BCUT2D eigenvalue weighted by Crippen LogP contribution is 2.08. The average molecular weight is 331 g/mol. The van der Waals surface area contributed by atoms with Crippen molar-refractivity contribution < 1.29 is 18.9 Å². The minimum absolute atomic E-state index is 0.0927. The summed E-state index contributed by atoms with van der Waals surface area (Å²) in [5.74, 6) is -1.43. The third-order valence-corrected chi connectivity index (χ3v) is 4.64. The van der Waals surface area contributed by atoms with Crippen molar-refractivity contribution in [2.45, 2.75) is 17.4 Å². The quantitative estimate of drug-likeness (QED) is 0.813. The fraction of sp³-hybridized carbons (Fsp3) is 0.176. The van der Waals surface area contributed by atoms with E-state index in [0.717, 1.165) is 0 Å². The van der Waals surface area contributed by atoms with Crippen molar-refractivity contribution in [1.29, 1.82) is 0 Å². The van der Waals surface area contributed by atoms with Crippen LogP contribution < -0.4 is 5.32 Å². The molecule has 0 spiro atoms. The van der Waals surface area contributed by atoms with Gasteiger partial charge in [0.15, 0.2) is 0 Å². The van der Waals surface area contributed by atoms with Crippen molar-refractivity contribution in [3.8, 4) is 0 Å². The number of carboxylic acid groups (broad SMARTS) is 1. The number of nitrogens with one attached hydrogen (secondary N) is 1. The molecule has 0 heterocycles. The lowest BCUT2D eigenvalue weighted by atomic mass is 10.1. The summed E-state index contributed by atoms with van der Waals surface area (Å²) < 4.78 is 12.1. The van der Waals surface area contributed by atoms with Crippen LogP contribution in [-0.4, -0.2) is 33.0 Å². The Kier molecular flexibility index (Phi) is 6.05. The normalized spacial score (nSPS) is 13.0. The van der Waals surface area contributed by atoms with Crippen LogP contribution in [0.1, 0.15) is 16.8 Å². The van der Waals surface area contributed by atoms with E-state index in [1.807, 2.05) is 6.07 Å². The van der Waals surface area contributed by atoms with Crippen LogP contribution >= 0.6 is 0 Å². The molecule has 120 valence electrons. The van der Waals surface area contributed by atoms with Crippen LogP contribution in [0.15, 0.2) is 65.6 Å². The molecule has 0 fully saturated rings. The molecule has 0 aliphatic heterocycles. The Morgan fingerprint density at radius 1 is 1.00 bits per heavy atom. The zero-order valence-electron chi connectivity index (χ0n) is 12.3. The number of carbonyl (C=O) groups excluding carboxylic acids is 1. The minimum atomic E-state index is -1.29. The Hall–Kier alpha value is -2.47. The molecular formula is C17H17NO4S. The summed E-state index contributed by atoms with van der Waals surface area (Å²) in [6.45, 7) is 0. The van der Waals surface area contributed by atoms with E-state index in [1.54, 1.807) is 54.6 Å². The summed E-state index contributed by atoms with van der Waals surface area (Å²) in [5, 5.41) is 11.7. The first-order valence-electron chi connectivity index (χ1n) is 7.10. The van der Waals surface area contributed by atoms with Gasteiger partial charge in [-0.2, -0.15) is 0 Å². The Labute approximate surface area is 136 Å². The van der Waals surface area contributed by atoms with Gasteiger partial charge in [-0.15, -0.1) is 0 Å². The average Bonchev–Trinajstić information content (AvgIpc) is 2.59. The van der Waals surface area contributed by atoms with E-state index in [-0.39, 0.29) is 12.2 Å². The van der Waals surface area contributed by atoms with Crippen molar-refractivity contribution in [1.82, 2.24) is 5.32 Å². The lowest BCUT2D eigenvalue weighted by Crippen LogP contribution is -2.41. The topological polar surface area (TPSA) is 83.5 Å². The number of amides is 1. The molecule has 0 saturated carbocycles. The van der Waals surface area contributed by atoms with E-state index < -0.39 is 28.7 Å². The summed E-state index contributed by atoms with van der Waals surface area (Å²) >= 11 is 0. The van der Waals surface area contributed by atoms with Crippen molar-refractivity contribution in [2.24, 2.45) is 0 Å². The van der Waals surface area contributed by atoms with E-state index in [2.05, 4.69) is 5.32 Å². The highest BCUT2D eigenvalue weighted by atomic mass is 32.2. The first-order chi connectivity index (χ1) is 11.1. The molecule has 1 amide bonds. The number of benzene rings is 2.